The van der Waals surface area contributed by atoms with Crippen molar-refractivity contribution in [2.75, 3.05) is 20.2 Å². The van der Waals surface area contributed by atoms with Crippen molar-refractivity contribution in [1.29, 1.82) is 5.26 Å². The Morgan fingerprint density at radius 3 is 2.39 bits per heavy atom. The molecule has 0 bridgehead atoms. The average molecular weight is 342 g/mol. The molecule has 23 heavy (non-hydrogen) atoms. The number of esters is 1. The summed E-state index contributed by atoms with van der Waals surface area (Å²) in [6.45, 7) is 0.145. The summed E-state index contributed by atoms with van der Waals surface area (Å²) in [5.74, 6) is -2.30. The van der Waals surface area contributed by atoms with Gasteiger partial charge in [0.2, 0.25) is 5.91 Å². The van der Waals surface area contributed by atoms with Gasteiger partial charge in [-0.15, -0.1) is 0 Å². The first-order valence-electron chi connectivity index (χ1n) is 6.46. The number of hydrogen-bond donors (Lipinski definition) is 0. The van der Waals surface area contributed by atoms with Gasteiger partial charge in [0.05, 0.1) is 18.1 Å². The third kappa shape index (κ3) is 4.50. The summed E-state index contributed by atoms with van der Waals surface area (Å²) in [4.78, 5) is 24.1. The second kappa shape index (κ2) is 7.69. The predicted molar refractivity (Wildman–Crippen MR) is 77.3 cm³/mol. The van der Waals surface area contributed by atoms with Crippen LogP contribution in [0.1, 0.15) is 6.92 Å². The largest absolute Gasteiger partial charge is 0.468 e. The Morgan fingerprint density at radius 2 is 1.91 bits per heavy atom. The van der Waals surface area contributed by atoms with Crippen molar-refractivity contribution in [2.24, 2.45) is 0 Å². The third-order valence-electron chi connectivity index (χ3n) is 3.08. The number of ether oxygens (including phenoxy) is 1. The molecule has 0 heterocycles. The van der Waals surface area contributed by atoms with Gasteiger partial charge < -0.3 is 9.64 Å². The number of sulfone groups is 1. The van der Waals surface area contributed by atoms with Gasteiger partial charge in [0, 0.05) is 0 Å². The number of nitriles is 1. The zero-order chi connectivity index (χ0) is 17.6. The fourth-order valence-corrected chi connectivity index (χ4v) is 3.07. The van der Waals surface area contributed by atoms with Crippen molar-refractivity contribution < 1.29 is 27.1 Å². The highest BCUT2D eigenvalue weighted by atomic mass is 32.2. The molecule has 7 nitrogen and oxygen atoms in total. The molecule has 0 aliphatic rings. The molecule has 0 aromatic heterocycles. The molecule has 0 saturated carbocycles. The Morgan fingerprint density at radius 1 is 1.35 bits per heavy atom. The highest BCUT2D eigenvalue weighted by Gasteiger charge is 2.33. The molecule has 0 radical (unpaired) electrons. The second-order valence-electron chi connectivity index (χ2n) is 4.57. The van der Waals surface area contributed by atoms with Crippen LogP contribution in [-0.2, 0) is 24.2 Å². The van der Waals surface area contributed by atoms with Gasteiger partial charge in [-0.2, -0.15) is 5.26 Å². The van der Waals surface area contributed by atoms with E-state index in [1.165, 1.54) is 0 Å². The van der Waals surface area contributed by atoms with Crippen molar-refractivity contribution in [3.05, 3.63) is 30.1 Å². The van der Waals surface area contributed by atoms with Crippen molar-refractivity contribution in [3.8, 4) is 6.07 Å². The minimum atomic E-state index is -4.08. The van der Waals surface area contributed by atoms with Gasteiger partial charge in [-0.25, -0.2) is 12.8 Å². The summed E-state index contributed by atoms with van der Waals surface area (Å²) in [5, 5.41) is 7.18. The van der Waals surface area contributed by atoms with Crippen molar-refractivity contribution in [1.82, 2.24) is 4.90 Å². The predicted octanol–water partition coefficient (Wildman–Crippen LogP) is 0.513. The molecule has 0 aliphatic heterocycles. The molecule has 1 aromatic carbocycles. The maximum absolute atomic E-state index is 12.9. The lowest BCUT2D eigenvalue weighted by atomic mass is 10.3. The Kier molecular flexibility index (Phi) is 6.21. The van der Waals surface area contributed by atoms with Gasteiger partial charge in [-0.1, -0.05) is 0 Å². The molecule has 9 heteroatoms. The van der Waals surface area contributed by atoms with Crippen LogP contribution in [0, 0.1) is 17.1 Å². The Bertz CT molecular complexity index is 725. The van der Waals surface area contributed by atoms with Crippen LogP contribution in [0.5, 0.6) is 0 Å². The number of carbonyl (C=O) groups is 2. The number of nitrogens with zero attached hydrogens (tertiary/aromatic N) is 2. The van der Waals surface area contributed by atoms with E-state index in [1.54, 1.807) is 6.07 Å². The zero-order valence-electron chi connectivity index (χ0n) is 12.5. The van der Waals surface area contributed by atoms with E-state index in [0.29, 0.717) is 0 Å². The number of carbonyl (C=O) groups excluding carboxylic acids is 2. The van der Waals surface area contributed by atoms with E-state index in [0.717, 1.165) is 43.2 Å². The first kappa shape index (κ1) is 18.6. The number of amides is 1. The molecule has 0 unspecified atom stereocenters. The van der Waals surface area contributed by atoms with Crippen molar-refractivity contribution >= 4 is 21.7 Å². The van der Waals surface area contributed by atoms with Gasteiger partial charge in [0.1, 0.15) is 24.2 Å². The minimum Gasteiger partial charge on any atom is -0.468 e. The summed E-state index contributed by atoms with van der Waals surface area (Å²) >= 11 is 0. The van der Waals surface area contributed by atoms with Crippen LogP contribution < -0.4 is 0 Å². The average Bonchev–Trinajstić information content (AvgIpc) is 2.53. The van der Waals surface area contributed by atoms with Crippen LogP contribution in [0.2, 0.25) is 0 Å². The summed E-state index contributed by atoms with van der Waals surface area (Å²) in [6.07, 6.45) is 0. The lowest BCUT2D eigenvalue weighted by Gasteiger charge is -2.22. The van der Waals surface area contributed by atoms with Gasteiger partial charge in [0.25, 0.3) is 0 Å². The van der Waals surface area contributed by atoms with Gasteiger partial charge in [0.15, 0.2) is 9.84 Å². The second-order valence-corrected chi connectivity index (χ2v) is 6.84. The SMILES string of the molecule is COC(=O)CN(CC#N)C(=O)[C@@H](C)S(=O)(=O)c1ccc(F)cc1. The summed E-state index contributed by atoms with van der Waals surface area (Å²) in [6, 6.07) is 5.70. The summed E-state index contributed by atoms with van der Waals surface area (Å²) < 4.78 is 42.1. The zero-order valence-corrected chi connectivity index (χ0v) is 13.3. The van der Waals surface area contributed by atoms with Crippen LogP contribution in [0.3, 0.4) is 0 Å². The van der Waals surface area contributed by atoms with E-state index in [1.807, 2.05) is 0 Å². The molecule has 124 valence electrons. The van der Waals surface area contributed by atoms with Crippen molar-refractivity contribution in [3.63, 3.8) is 0 Å². The van der Waals surface area contributed by atoms with Crippen LogP contribution in [0.15, 0.2) is 29.2 Å². The summed E-state index contributed by atoms with van der Waals surface area (Å²) in [5.41, 5.74) is 0. The molecule has 0 spiro atoms. The van der Waals surface area contributed by atoms with Crippen molar-refractivity contribution in [2.45, 2.75) is 17.1 Å². The Balaban J connectivity index is 3.06. The van der Waals surface area contributed by atoms with E-state index < -0.39 is 45.9 Å². The van der Waals surface area contributed by atoms with E-state index in [2.05, 4.69) is 4.74 Å². The lowest BCUT2D eigenvalue weighted by Crippen LogP contribution is -2.44. The topological polar surface area (TPSA) is 105 Å². The van der Waals surface area contributed by atoms with E-state index in [4.69, 9.17) is 5.26 Å². The number of hydrogen-bond acceptors (Lipinski definition) is 6. The van der Waals surface area contributed by atoms with E-state index in [-0.39, 0.29) is 4.90 Å². The monoisotopic (exact) mass is 342 g/mol. The molecule has 0 saturated heterocycles. The standard InChI is InChI=1S/C14H15FN2O5S/c1-10(14(19)17(8-7-16)9-13(18)22-2)23(20,21)12-5-3-11(15)4-6-12/h3-6,10H,8-9H2,1-2H3/t10-/m1/s1. The fraction of sp³-hybridized carbons (Fsp3) is 0.357. The molecular formula is C14H15FN2O5S. The normalized spacial score (nSPS) is 12.1. The molecule has 0 aliphatic carbocycles. The smallest absolute Gasteiger partial charge is 0.325 e. The van der Waals surface area contributed by atoms with Gasteiger partial charge >= 0.3 is 5.97 Å². The fourth-order valence-electron chi connectivity index (χ4n) is 1.74. The van der Waals surface area contributed by atoms with E-state index in [9.17, 15) is 22.4 Å². The Labute approximate surface area is 133 Å². The highest BCUT2D eigenvalue weighted by molar-refractivity contribution is 7.92. The molecule has 1 rings (SSSR count). The molecule has 1 amide bonds. The lowest BCUT2D eigenvalue weighted by molar-refractivity contribution is -0.146. The number of benzene rings is 1. The third-order valence-corrected chi connectivity index (χ3v) is 5.14. The molecule has 0 N–H and O–H groups in total. The number of methoxy groups -OCH3 is 1. The van der Waals surface area contributed by atoms with Gasteiger partial charge in [-0.05, 0) is 31.2 Å². The quantitative estimate of drug-likeness (QED) is 0.424. The molecule has 1 atom stereocenters. The Hall–Kier alpha value is -2.47. The first-order chi connectivity index (χ1) is 10.7. The maximum atomic E-state index is 12.9. The van der Waals surface area contributed by atoms with Crippen LogP contribution in [0.25, 0.3) is 0 Å². The number of rotatable bonds is 6. The van der Waals surface area contributed by atoms with Crippen LogP contribution in [0.4, 0.5) is 4.39 Å². The maximum Gasteiger partial charge on any atom is 0.325 e. The molecular weight excluding hydrogens is 327 g/mol. The van der Waals surface area contributed by atoms with Gasteiger partial charge in [-0.3, -0.25) is 9.59 Å². The van der Waals surface area contributed by atoms with Crippen LogP contribution in [-0.4, -0.2) is 50.6 Å². The minimum absolute atomic E-state index is 0.227. The van der Waals surface area contributed by atoms with E-state index >= 15 is 0 Å². The molecule has 1 aromatic rings. The first-order valence-corrected chi connectivity index (χ1v) is 8.00. The highest BCUT2D eigenvalue weighted by Crippen LogP contribution is 2.18. The van der Waals surface area contributed by atoms with Crippen LogP contribution >= 0.6 is 0 Å². The molecule has 0 fully saturated rings. The summed E-state index contributed by atoms with van der Waals surface area (Å²) in [7, 11) is -2.97. The number of halogens is 1.